The van der Waals surface area contributed by atoms with Gasteiger partial charge in [0.15, 0.2) is 0 Å². The van der Waals surface area contributed by atoms with Gasteiger partial charge in [-0.3, -0.25) is 0 Å². The van der Waals surface area contributed by atoms with Gasteiger partial charge in [0.2, 0.25) is 11.9 Å². The molecule has 1 heterocycles. The number of hydrogen-bond acceptors (Lipinski definition) is 3. The summed E-state index contributed by atoms with van der Waals surface area (Å²) < 4.78 is 24.4. The lowest BCUT2D eigenvalue weighted by molar-refractivity contribution is 0.517. The number of rotatable bonds is 0. The Bertz CT molecular complexity index is 238. The predicted octanol–water partition coefficient (Wildman–Crippen LogP) is 0.524. The Morgan fingerprint density at radius 3 is 2.40 bits per heavy atom. The van der Waals surface area contributed by atoms with Crippen LogP contribution in [0.25, 0.3) is 0 Å². The van der Waals surface area contributed by atoms with Crippen LogP contribution in [0.3, 0.4) is 0 Å². The molecule has 3 nitrogen and oxygen atoms in total. The maximum atomic E-state index is 12.3. The van der Waals surface area contributed by atoms with Gasteiger partial charge in [-0.1, -0.05) is 0 Å². The largest absolute Gasteiger partial charge is 0.397 e. The Morgan fingerprint density at radius 1 is 1.30 bits per heavy atom. The lowest BCUT2D eigenvalue weighted by Crippen LogP contribution is -2.01. The summed E-state index contributed by atoms with van der Waals surface area (Å²) in [6.45, 7) is 0. The summed E-state index contributed by atoms with van der Waals surface area (Å²) in [5, 5.41) is 0. The molecule has 0 atom stereocenters. The predicted molar refractivity (Wildman–Crippen MR) is 33.0 cm³/mol. The van der Waals surface area contributed by atoms with Crippen LogP contribution < -0.4 is 11.5 Å². The monoisotopic (exact) mass is 145 g/mol. The molecule has 5 heteroatoms. The molecule has 0 aliphatic heterocycles. The molecule has 1 aromatic rings. The van der Waals surface area contributed by atoms with Crippen LogP contribution in [0.5, 0.6) is 0 Å². The first-order valence-corrected chi connectivity index (χ1v) is 2.48. The van der Waals surface area contributed by atoms with Crippen LogP contribution in [0.1, 0.15) is 0 Å². The summed E-state index contributed by atoms with van der Waals surface area (Å²) in [4.78, 5) is 2.80. The molecule has 10 heavy (non-hydrogen) atoms. The smallest absolute Gasteiger partial charge is 0.240 e. The van der Waals surface area contributed by atoms with Crippen molar-refractivity contribution in [2.75, 3.05) is 11.5 Å². The van der Waals surface area contributed by atoms with Crippen LogP contribution in [0.2, 0.25) is 0 Å². The number of aromatic nitrogens is 1. The fourth-order valence-electron chi connectivity index (χ4n) is 0.511. The molecule has 0 aromatic carbocycles. The van der Waals surface area contributed by atoms with Crippen LogP contribution in [-0.2, 0) is 0 Å². The van der Waals surface area contributed by atoms with Gasteiger partial charge in [0, 0.05) is 6.07 Å². The lowest BCUT2D eigenvalue weighted by atomic mass is 10.3. The molecular weight excluding hydrogens is 140 g/mol. The van der Waals surface area contributed by atoms with E-state index in [2.05, 4.69) is 4.98 Å². The number of nitrogen functional groups attached to an aromatic ring is 2. The minimum atomic E-state index is -1.07. The Labute approximate surface area is 55.7 Å². The zero-order valence-corrected chi connectivity index (χ0v) is 4.94. The second-order valence-electron chi connectivity index (χ2n) is 1.74. The fourth-order valence-corrected chi connectivity index (χ4v) is 0.511. The first kappa shape index (κ1) is 6.73. The molecule has 0 spiro atoms. The van der Waals surface area contributed by atoms with Crippen LogP contribution >= 0.6 is 0 Å². The van der Waals surface area contributed by atoms with E-state index in [0.29, 0.717) is 0 Å². The maximum absolute atomic E-state index is 12.3. The third-order valence-electron chi connectivity index (χ3n) is 1.01. The van der Waals surface area contributed by atoms with E-state index in [9.17, 15) is 8.78 Å². The summed E-state index contributed by atoms with van der Waals surface area (Å²) in [6, 6.07) is 0.860. The van der Waals surface area contributed by atoms with Gasteiger partial charge in [-0.25, -0.2) is 0 Å². The number of nitrogens with zero attached hydrogens (tertiary/aromatic N) is 1. The molecule has 0 saturated heterocycles. The average Bonchev–Trinajstić information content (AvgIpc) is 1.82. The number of hydrogen-bond donors (Lipinski definition) is 2. The van der Waals surface area contributed by atoms with Crippen LogP contribution in [0, 0.1) is 11.9 Å². The third-order valence-corrected chi connectivity index (χ3v) is 1.01. The van der Waals surface area contributed by atoms with E-state index in [1.54, 1.807) is 0 Å². The van der Waals surface area contributed by atoms with Crippen molar-refractivity contribution in [3.05, 3.63) is 18.0 Å². The van der Waals surface area contributed by atoms with Crippen molar-refractivity contribution in [3.8, 4) is 0 Å². The zero-order chi connectivity index (χ0) is 7.72. The Balaban J connectivity index is 3.31. The molecule has 1 aromatic heterocycles. The van der Waals surface area contributed by atoms with Gasteiger partial charge >= 0.3 is 0 Å². The van der Waals surface area contributed by atoms with E-state index in [1.807, 2.05) is 0 Å². The Hall–Kier alpha value is -1.39. The second kappa shape index (κ2) is 2.09. The van der Waals surface area contributed by atoms with Gasteiger partial charge < -0.3 is 11.5 Å². The maximum Gasteiger partial charge on any atom is 0.240 e. The molecule has 1 rings (SSSR count). The molecule has 0 amide bonds. The van der Waals surface area contributed by atoms with Gasteiger partial charge in [0.25, 0.3) is 0 Å². The molecule has 4 N–H and O–H groups in total. The normalized spacial score (nSPS) is 9.80. The van der Waals surface area contributed by atoms with E-state index in [-0.39, 0.29) is 11.4 Å². The van der Waals surface area contributed by atoms with Crippen molar-refractivity contribution in [3.63, 3.8) is 0 Å². The van der Waals surface area contributed by atoms with Gasteiger partial charge in [0.05, 0.1) is 5.69 Å². The van der Waals surface area contributed by atoms with Crippen molar-refractivity contribution in [1.82, 2.24) is 4.98 Å². The topological polar surface area (TPSA) is 64.9 Å². The van der Waals surface area contributed by atoms with Crippen molar-refractivity contribution >= 4 is 11.4 Å². The summed E-state index contributed by atoms with van der Waals surface area (Å²) >= 11 is 0. The number of nitrogens with two attached hydrogens (primary N) is 2. The van der Waals surface area contributed by atoms with Crippen molar-refractivity contribution in [2.24, 2.45) is 0 Å². The molecule has 0 bridgehead atoms. The molecule has 0 saturated carbocycles. The van der Waals surface area contributed by atoms with Crippen LogP contribution in [0.4, 0.5) is 20.2 Å². The summed E-state index contributed by atoms with van der Waals surface area (Å²) in [5.41, 5.74) is 9.65. The Kier molecular flexibility index (Phi) is 1.41. The fraction of sp³-hybridized carbons (Fsp3) is 0. The number of halogens is 2. The highest BCUT2D eigenvalue weighted by Gasteiger charge is 2.05. The van der Waals surface area contributed by atoms with Gasteiger partial charge in [-0.15, -0.1) is 0 Å². The van der Waals surface area contributed by atoms with Crippen molar-refractivity contribution in [2.45, 2.75) is 0 Å². The number of pyridine rings is 1. The molecular formula is C5H5F2N3. The van der Waals surface area contributed by atoms with Gasteiger partial charge in [-0.05, 0) is 0 Å². The van der Waals surface area contributed by atoms with E-state index in [4.69, 9.17) is 11.5 Å². The SMILES string of the molecule is Nc1cc(F)nc(F)c1N. The summed E-state index contributed by atoms with van der Waals surface area (Å²) in [5.74, 6) is -2.04. The minimum absolute atomic E-state index is 0.134. The molecule has 0 fully saturated rings. The van der Waals surface area contributed by atoms with Crippen molar-refractivity contribution in [1.29, 1.82) is 0 Å². The molecule has 0 aliphatic rings. The summed E-state index contributed by atoms with van der Waals surface area (Å²) in [7, 11) is 0. The quantitative estimate of drug-likeness (QED) is 0.523. The molecule has 0 aliphatic carbocycles. The first-order chi connectivity index (χ1) is 4.61. The molecule has 0 radical (unpaired) electrons. The highest BCUT2D eigenvalue weighted by Crippen LogP contribution is 2.16. The van der Waals surface area contributed by atoms with E-state index in [0.717, 1.165) is 6.07 Å². The van der Waals surface area contributed by atoms with Crippen LogP contribution in [0.15, 0.2) is 6.07 Å². The highest BCUT2D eigenvalue weighted by atomic mass is 19.1. The van der Waals surface area contributed by atoms with Crippen molar-refractivity contribution < 1.29 is 8.78 Å². The molecule has 54 valence electrons. The van der Waals surface area contributed by atoms with E-state index in [1.165, 1.54) is 0 Å². The van der Waals surface area contributed by atoms with Crippen LogP contribution in [-0.4, -0.2) is 4.98 Å². The van der Waals surface area contributed by atoms with Gasteiger partial charge in [0.1, 0.15) is 5.69 Å². The number of anilines is 2. The van der Waals surface area contributed by atoms with Gasteiger partial charge in [-0.2, -0.15) is 13.8 Å². The van der Waals surface area contributed by atoms with E-state index < -0.39 is 11.9 Å². The van der Waals surface area contributed by atoms with E-state index >= 15 is 0 Å². The second-order valence-corrected chi connectivity index (χ2v) is 1.74. The average molecular weight is 145 g/mol. The Morgan fingerprint density at radius 2 is 1.90 bits per heavy atom. The standard InChI is InChI=1S/C5H5F2N3/c6-3-1-2(8)4(9)5(7)10-3/h1H,9H2,(H2,8,10). The zero-order valence-electron chi connectivity index (χ0n) is 4.94. The lowest BCUT2D eigenvalue weighted by Gasteiger charge is -1.98. The minimum Gasteiger partial charge on any atom is -0.397 e. The summed E-state index contributed by atoms with van der Waals surface area (Å²) in [6.07, 6.45) is 0. The third kappa shape index (κ3) is 0.975. The molecule has 0 unspecified atom stereocenters. The highest BCUT2D eigenvalue weighted by molar-refractivity contribution is 5.61. The first-order valence-electron chi connectivity index (χ1n) is 2.48.